The second-order valence-electron chi connectivity index (χ2n) is 4.31. The fourth-order valence-corrected chi connectivity index (χ4v) is 1.92. The van der Waals surface area contributed by atoms with Gasteiger partial charge in [-0.2, -0.15) is 0 Å². The van der Waals surface area contributed by atoms with Crippen molar-refractivity contribution in [2.45, 2.75) is 25.3 Å². The van der Waals surface area contributed by atoms with Gasteiger partial charge in [-0.15, -0.1) is 0 Å². The molecule has 2 aromatic rings. The molecule has 1 aromatic carbocycles. The Kier molecular flexibility index (Phi) is 2.23. The molecule has 0 bridgehead atoms. The summed E-state index contributed by atoms with van der Waals surface area (Å²) in [6.07, 6.45) is 2.12. The van der Waals surface area contributed by atoms with Crippen LogP contribution < -0.4 is 0 Å². The zero-order chi connectivity index (χ0) is 10.2. The molecule has 0 aliphatic rings. The van der Waals surface area contributed by atoms with Gasteiger partial charge in [-0.25, -0.2) is 0 Å². The molecule has 0 aliphatic carbocycles. The van der Waals surface area contributed by atoms with Gasteiger partial charge in [0.1, 0.15) is 0 Å². The lowest BCUT2D eigenvalue weighted by molar-refractivity contribution is 0.595. The topological polar surface area (TPSA) is 15.8 Å². The van der Waals surface area contributed by atoms with Crippen molar-refractivity contribution in [2.24, 2.45) is 0 Å². The van der Waals surface area contributed by atoms with Crippen molar-refractivity contribution in [1.82, 2.24) is 4.98 Å². The van der Waals surface area contributed by atoms with Crippen molar-refractivity contribution in [3.8, 4) is 0 Å². The lowest BCUT2D eigenvalue weighted by atomic mass is 9.86. The van der Waals surface area contributed by atoms with Crippen LogP contribution in [0.5, 0.6) is 0 Å². The highest BCUT2D eigenvalue weighted by Crippen LogP contribution is 2.32. The second-order valence-corrected chi connectivity index (χ2v) is 4.66. The summed E-state index contributed by atoms with van der Waals surface area (Å²) in [5.41, 5.74) is 2.77. The molecular formula is C12H14NSi. The Labute approximate surface area is 88.0 Å². The summed E-state index contributed by atoms with van der Waals surface area (Å²) >= 11 is 0. The molecule has 0 saturated carbocycles. The number of rotatable bonds is 2. The van der Waals surface area contributed by atoms with Crippen LogP contribution in [-0.4, -0.2) is 15.2 Å². The number of hydrogen-bond donors (Lipinski definition) is 1. The van der Waals surface area contributed by atoms with Crippen molar-refractivity contribution < 1.29 is 0 Å². The summed E-state index contributed by atoms with van der Waals surface area (Å²) in [5.74, 6) is 0. The summed E-state index contributed by atoms with van der Waals surface area (Å²) in [6, 6.07) is 9.40. The van der Waals surface area contributed by atoms with Crippen LogP contribution in [0.25, 0.3) is 10.9 Å². The number of benzene rings is 1. The smallest absolute Gasteiger partial charge is 0.0456 e. The van der Waals surface area contributed by atoms with Gasteiger partial charge in [0.2, 0.25) is 0 Å². The zero-order valence-corrected chi connectivity index (χ0v) is 9.59. The van der Waals surface area contributed by atoms with E-state index in [0.29, 0.717) is 0 Å². The molecule has 0 amide bonds. The Morgan fingerprint density at radius 3 is 2.71 bits per heavy atom. The molecular weight excluding hydrogens is 186 g/mol. The highest BCUT2D eigenvalue weighted by molar-refractivity contribution is 6.09. The maximum atomic E-state index is 3.61. The normalized spacial score (nSPS) is 12.2. The van der Waals surface area contributed by atoms with Crippen LogP contribution in [-0.2, 0) is 5.41 Å². The molecule has 14 heavy (non-hydrogen) atoms. The van der Waals surface area contributed by atoms with Gasteiger partial charge < -0.3 is 4.98 Å². The highest BCUT2D eigenvalue weighted by atomic mass is 28.1. The van der Waals surface area contributed by atoms with Crippen LogP contribution in [0.2, 0.25) is 6.04 Å². The largest absolute Gasteiger partial charge is 0.361 e. The third-order valence-corrected chi connectivity index (χ3v) is 3.64. The maximum absolute atomic E-state index is 3.61. The first-order valence-electron chi connectivity index (χ1n) is 4.86. The van der Waals surface area contributed by atoms with Crippen molar-refractivity contribution in [3.05, 3.63) is 36.0 Å². The first-order valence-corrected chi connectivity index (χ1v) is 5.57. The minimum absolute atomic E-state index is 0.177. The number of hydrogen-bond acceptors (Lipinski definition) is 0. The highest BCUT2D eigenvalue weighted by Gasteiger charge is 2.21. The van der Waals surface area contributed by atoms with E-state index in [1.165, 1.54) is 16.5 Å². The molecule has 3 radical (unpaired) electrons. The van der Waals surface area contributed by atoms with E-state index in [1.807, 2.05) is 0 Å². The quantitative estimate of drug-likeness (QED) is 0.717. The molecule has 1 heterocycles. The van der Waals surface area contributed by atoms with E-state index in [9.17, 15) is 0 Å². The summed E-state index contributed by atoms with van der Waals surface area (Å²) in [4.78, 5) is 3.31. The van der Waals surface area contributed by atoms with Gasteiger partial charge >= 0.3 is 0 Å². The third kappa shape index (κ3) is 1.40. The predicted molar refractivity (Wildman–Crippen MR) is 61.9 cm³/mol. The fourth-order valence-electron chi connectivity index (χ4n) is 1.73. The Hall–Kier alpha value is -1.02. The molecule has 0 fully saturated rings. The first-order chi connectivity index (χ1) is 6.65. The summed E-state index contributed by atoms with van der Waals surface area (Å²) in [7, 11) is 3.61. The van der Waals surface area contributed by atoms with Crippen molar-refractivity contribution >= 4 is 21.1 Å². The summed E-state index contributed by atoms with van der Waals surface area (Å²) in [5, 5.41) is 1.33. The van der Waals surface area contributed by atoms with E-state index in [2.05, 4.69) is 59.5 Å². The molecule has 1 N–H and O–H groups in total. The Morgan fingerprint density at radius 2 is 2.00 bits per heavy atom. The number of aromatic amines is 1. The van der Waals surface area contributed by atoms with Gasteiger partial charge in [0.25, 0.3) is 0 Å². The molecule has 0 unspecified atom stereocenters. The molecule has 71 valence electrons. The lowest BCUT2D eigenvalue weighted by Crippen LogP contribution is -2.15. The van der Waals surface area contributed by atoms with Crippen molar-refractivity contribution in [1.29, 1.82) is 0 Å². The van der Waals surface area contributed by atoms with E-state index >= 15 is 0 Å². The van der Waals surface area contributed by atoms with E-state index < -0.39 is 0 Å². The Balaban J connectivity index is 2.64. The molecule has 0 atom stereocenters. The van der Waals surface area contributed by atoms with Gasteiger partial charge in [-0.3, -0.25) is 0 Å². The second kappa shape index (κ2) is 3.28. The van der Waals surface area contributed by atoms with Crippen LogP contribution in [0.15, 0.2) is 30.5 Å². The van der Waals surface area contributed by atoms with E-state index in [-0.39, 0.29) is 5.41 Å². The molecule has 1 aromatic heterocycles. The molecule has 0 saturated heterocycles. The van der Waals surface area contributed by atoms with Crippen LogP contribution in [0.3, 0.4) is 0 Å². The van der Waals surface area contributed by atoms with E-state index in [0.717, 1.165) is 6.04 Å². The van der Waals surface area contributed by atoms with Crippen molar-refractivity contribution in [3.63, 3.8) is 0 Å². The lowest BCUT2D eigenvalue weighted by Gasteiger charge is -2.21. The van der Waals surface area contributed by atoms with Crippen LogP contribution in [0, 0.1) is 0 Å². The average molecular weight is 200 g/mol. The average Bonchev–Trinajstić information content (AvgIpc) is 2.61. The minimum Gasteiger partial charge on any atom is -0.361 e. The molecule has 0 spiro atoms. The standard InChI is InChI=1S/C12H14NSi/c1-12(2,8-14)10-7-13-11-6-4-3-5-9(10)11/h3-7,13H,8H2,1-2H3. The number of para-hydroxylation sites is 1. The zero-order valence-electron chi connectivity index (χ0n) is 8.59. The maximum Gasteiger partial charge on any atom is 0.0456 e. The Bertz CT molecular complexity index is 442. The monoisotopic (exact) mass is 200 g/mol. The summed E-state index contributed by atoms with van der Waals surface area (Å²) in [6.45, 7) is 4.49. The number of fused-ring (bicyclic) bond motifs is 1. The van der Waals surface area contributed by atoms with Crippen LogP contribution in [0.1, 0.15) is 19.4 Å². The number of aromatic nitrogens is 1. The molecule has 1 nitrogen and oxygen atoms in total. The van der Waals surface area contributed by atoms with E-state index in [1.54, 1.807) is 0 Å². The Morgan fingerprint density at radius 1 is 1.29 bits per heavy atom. The molecule has 2 heteroatoms. The van der Waals surface area contributed by atoms with E-state index in [4.69, 9.17) is 0 Å². The summed E-state index contributed by atoms with van der Waals surface area (Å²) < 4.78 is 0. The number of nitrogens with one attached hydrogen (secondary N) is 1. The van der Waals surface area contributed by atoms with Crippen LogP contribution in [0.4, 0.5) is 0 Å². The number of H-pyrrole nitrogens is 1. The SMILES string of the molecule is CC(C)(C[Si])c1c[nH]c2ccccc12. The van der Waals surface area contributed by atoms with Crippen molar-refractivity contribution in [2.75, 3.05) is 0 Å². The fraction of sp³-hybridized carbons (Fsp3) is 0.333. The molecule has 0 aliphatic heterocycles. The first kappa shape index (κ1) is 9.53. The van der Waals surface area contributed by atoms with Crippen LogP contribution >= 0.6 is 0 Å². The molecule has 2 rings (SSSR count). The van der Waals surface area contributed by atoms with Gasteiger partial charge in [0.05, 0.1) is 0 Å². The van der Waals surface area contributed by atoms with Gasteiger partial charge in [-0.05, 0) is 17.0 Å². The van der Waals surface area contributed by atoms with Gasteiger partial charge in [0.15, 0.2) is 0 Å². The third-order valence-electron chi connectivity index (χ3n) is 2.76. The minimum atomic E-state index is 0.177. The predicted octanol–water partition coefficient (Wildman–Crippen LogP) is 3.03. The van der Waals surface area contributed by atoms with Gasteiger partial charge in [0, 0.05) is 27.3 Å². The van der Waals surface area contributed by atoms with Gasteiger partial charge in [-0.1, -0.05) is 38.1 Å².